The molecule has 30 heavy (non-hydrogen) atoms. The lowest BCUT2D eigenvalue weighted by molar-refractivity contribution is -0.0136. The van der Waals surface area contributed by atoms with Crippen molar-refractivity contribution in [1.82, 2.24) is 19.5 Å². The van der Waals surface area contributed by atoms with Gasteiger partial charge in [0.05, 0.1) is 41.2 Å². The van der Waals surface area contributed by atoms with Gasteiger partial charge in [-0.1, -0.05) is 11.6 Å². The normalized spacial score (nSPS) is 19.6. The van der Waals surface area contributed by atoms with Gasteiger partial charge in [0.2, 0.25) is 5.95 Å². The van der Waals surface area contributed by atoms with E-state index < -0.39 is 11.9 Å². The summed E-state index contributed by atoms with van der Waals surface area (Å²) in [7, 11) is 0. The molecule has 0 aliphatic carbocycles. The molecule has 8 nitrogen and oxygen atoms in total. The zero-order chi connectivity index (χ0) is 21.4. The van der Waals surface area contributed by atoms with Crippen molar-refractivity contribution in [2.75, 3.05) is 18.5 Å². The van der Waals surface area contributed by atoms with Crippen molar-refractivity contribution >= 4 is 28.6 Å². The predicted octanol–water partition coefficient (Wildman–Crippen LogP) is 2.92. The molecule has 160 valence electrons. The number of halogens is 2. The summed E-state index contributed by atoms with van der Waals surface area (Å²) in [5.41, 5.74) is 1.56. The van der Waals surface area contributed by atoms with E-state index in [1.807, 2.05) is 13.8 Å². The maximum Gasteiger partial charge on any atom is 0.223 e. The number of hydrogen-bond donors (Lipinski definition) is 3. The molecule has 0 radical (unpaired) electrons. The summed E-state index contributed by atoms with van der Waals surface area (Å²) < 4.78 is 21.9. The number of anilines is 1. The number of aliphatic hydroxyl groups excluding tert-OH is 2. The lowest BCUT2D eigenvalue weighted by Gasteiger charge is -2.28. The maximum absolute atomic E-state index is 14.9. The van der Waals surface area contributed by atoms with E-state index in [9.17, 15) is 14.6 Å². The first kappa shape index (κ1) is 20.9. The summed E-state index contributed by atoms with van der Waals surface area (Å²) in [6.07, 6.45) is 1.38. The van der Waals surface area contributed by atoms with Crippen LogP contribution in [0.15, 0.2) is 18.3 Å². The second kappa shape index (κ2) is 8.43. The van der Waals surface area contributed by atoms with Crippen molar-refractivity contribution in [3.8, 4) is 11.3 Å². The zero-order valence-corrected chi connectivity index (χ0v) is 17.4. The fourth-order valence-corrected chi connectivity index (χ4v) is 3.92. The lowest BCUT2D eigenvalue weighted by atomic mass is 10.1. The average Bonchev–Trinajstić information content (AvgIpc) is 3.10. The Bertz CT molecular complexity index is 1070. The minimum atomic E-state index is -0.674. The molecular formula is C20H23ClFN5O3. The predicted molar refractivity (Wildman–Crippen MR) is 111 cm³/mol. The van der Waals surface area contributed by atoms with E-state index in [4.69, 9.17) is 16.3 Å². The van der Waals surface area contributed by atoms with Crippen LogP contribution < -0.4 is 5.32 Å². The number of nitrogens with zero attached hydrogens (tertiary/aromatic N) is 4. The summed E-state index contributed by atoms with van der Waals surface area (Å²) in [4.78, 5) is 12.9. The minimum absolute atomic E-state index is 0.0279. The molecule has 0 bridgehead atoms. The Morgan fingerprint density at radius 2 is 2.17 bits per heavy atom. The third-order valence-corrected chi connectivity index (χ3v) is 5.41. The first-order valence-corrected chi connectivity index (χ1v) is 10.1. The van der Waals surface area contributed by atoms with E-state index in [2.05, 4.69) is 20.3 Å². The molecule has 2 atom stereocenters. The molecule has 0 saturated carbocycles. The van der Waals surface area contributed by atoms with Gasteiger partial charge in [-0.15, -0.1) is 0 Å². The summed E-state index contributed by atoms with van der Waals surface area (Å²) in [5.74, 6) is 0.149. The SMILES string of the molecule is CC(C)n1c(CO)nc2c(F)cc(-c3nc(N[C@@H]4CCOC[C@H]4O)ncc3Cl)cc21. The highest BCUT2D eigenvalue weighted by molar-refractivity contribution is 6.33. The van der Waals surface area contributed by atoms with Crippen LogP contribution in [0.25, 0.3) is 22.3 Å². The third kappa shape index (κ3) is 3.85. The molecule has 0 unspecified atom stereocenters. The minimum Gasteiger partial charge on any atom is -0.389 e. The highest BCUT2D eigenvalue weighted by Gasteiger charge is 2.25. The molecular weight excluding hydrogens is 413 g/mol. The van der Waals surface area contributed by atoms with Crippen LogP contribution in [0, 0.1) is 5.82 Å². The number of nitrogens with one attached hydrogen (secondary N) is 1. The zero-order valence-electron chi connectivity index (χ0n) is 16.6. The topological polar surface area (TPSA) is 105 Å². The molecule has 3 heterocycles. The van der Waals surface area contributed by atoms with E-state index in [1.54, 1.807) is 10.6 Å². The number of benzene rings is 1. The van der Waals surface area contributed by atoms with Gasteiger partial charge >= 0.3 is 0 Å². The van der Waals surface area contributed by atoms with Crippen LogP contribution in [-0.4, -0.2) is 55.1 Å². The van der Waals surface area contributed by atoms with Crippen LogP contribution in [-0.2, 0) is 11.3 Å². The van der Waals surface area contributed by atoms with E-state index in [1.165, 1.54) is 12.3 Å². The van der Waals surface area contributed by atoms with Gasteiger partial charge < -0.3 is 24.8 Å². The van der Waals surface area contributed by atoms with Gasteiger partial charge in [-0.25, -0.2) is 19.3 Å². The van der Waals surface area contributed by atoms with Gasteiger partial charge in [0.25, 0.3) is 0 Å². The van der Waals surface area contributed by atoms with E-state index in [-0.39, 0.29) is 41.8 Å². The molecule has 1 aliphatic heterocycles. The van der Waals surface area contributed by atoms with Crippen molar-refractivity contribution in [3.05, 3.63) is 35.0 Å². The Labute approximate surface area is 177 Å². The number of ether oxygens (including phenoxy) is 1. The van der Waals surface area contributed by atoms with Crippen LogP contribution >= 0.6 is 11.6 Å². The monoisotopic (exact) mass is 435 g/mol. The highest BCUT2D eigenvalue weighted by atomic mass is 35.5. The Morgan fingerprint density at radius 1 is 1.37 bits per heavy atom. The Balaban J connectivity index is 1.77. The van der Waals surface area contributed by atoms with Crippen molar-refractivity contribution in [2.45, 2.75) is 45.1 Å². The van der Waals surface area contributed by atoms with E-state index in [0.29, 0.717) is 35.6 Å². The first-order valence-electron chi connectivity index (χ1n) is 9.75. The van der Waals surface area contributed by atoms with Crippen LogP contribution in [0.5, 0.6) is 0 Å². The second-order valence-electron chi connectivity index (χ2n) is 7.55. The molecule has 2 aromatic heterocycles. The molecule has 4 rings (SSSR count). The van der Waals surface area contributed by atoms with E-state index >= 15 is 0 Å². The fraction of sp³-hybridized carbons (Fsp3) is 0.450. The number of aliphatic hydroxyl groups is 2. The van der Waals surface area contributed by atoms with Gasteiger partial charge in [-0.05, 0) is 32.4 Å². The first-order chi connectivity index (χ1) is 14.4. The highest BCUT2D eigenvalue weighted by Crippen LogP contribution is 2.32. The van der Waals surface area contributed by atoms with Crippen molar-refractivity contribution in [2.24, 2.45) is 0 Å². The van der Waals surface area contributed by atoms with Crippen LogP contribution in [0.4, 0.5) is 10.3 Å². The summed E-state index contributed by atoms with van der Waals surface area (Å²) in [6, 6.07) is 2.80. The molecule has 3 aromatic rings. The van der Waals surface area contributed by atoms with Crippen LogP contribution in [0.1, 0.15) is 32.1 Å². The lowest BCUT2D eigenvalue weighted by Crippen LogP contribution is -2.42. The Morgan fingerprint density at radius 3 is 2.87 bits per heavy atom. The van der Waals surface area contributed by atoms with Gasteiger partial charge in [-0.2, -0.15) is 0 Å². The fourth-order valence-electron chi connectivity index (χ4n) is 3.72. The molecule has 0 spiro atoms. The summed E-state index contributed by atoms with van der Waals surface area (Å²) in [5, 5.41) is 23.1. The number of aromatic nitrogens is 4. The van der Waals surface area contributed by atoms with Crippen LogP contribution in [0.3, 0.4) is 0 Å². The van der Waals surface area contributed by atoms with Crippen molar-refractivity contribution in [3.63, 3.8) is 0 Å². The smallest absolute Gasteiger partial charge is 0.223 e. The largest absolute Gasteiger partial charge is 0.389 e. The van der Waals surface area contributed by atoms with Crippen LogP contribution in [0.2, 0.25) is 5.02 Å². The summed E-state index contributed by atoms with van der Waals surface area (Å²) in [6.45, 7) is 4.35. The average molecular weight is 436 g/mol. The third-order valence-electron chi connectivity index (χ3n) is 5.14. The standard InChI is InChI=1S/C20H23ClFN5O3/c1-10(2)27-15-6-11(5-13(22)19(15)25-17(27)8-28)18-12(21)7-23-20(26-18)24-14-3-4-30-9-16(14)29/h5-7,10,14,16,28-29H,3-4,8-9H2,1-2H3,(H,23,24,26)/t14-,16-/m1/s1. The van der Waals surface area contributed by atoms with Crippen molar-refractivity contribution in [1.29, 1.82) is 0 Å². The number of hydrogen-bond acceptors (Lipinski definition) is 7. The molecule has 10 heteroatoms. The molecule has 1 saturated heterocycles. The quantitative estimate of drug-likeness (QED) is 0.565. The molecule has 0 amide bonds. The number of fused-ring (bicyclic) bond motifs is 1. The second-order valence-corrected chi connectivity index (χ2v) is 7.95. The Hall–Kier alpha value is -2.33. The molecule has 1 aliphatic rings. The van der Waals surface area contributed by atoms with Gasteiger partial charge in [0.1, 0.15) is 17.9 Å². The molecule has 3 N–H and O–H groups in total. The number of imidazole rings is 1. The molecule has 1 fully saturated rings. The maximum atomic E-state index is 14.9. The van der Waals surface area contributed by atoms with Crippen molar-refractivity contribution < 1.29 is 19.3 Å². The van der Waals surface area contributed by atoms with E-state index in [0.717, 1.165) is 0 Å². The Kier molecular flexibility index (Phi) is 5.88. The molecule has 1 aromatic carbocycles. The summed E-state index contributed by atoms with van der Waals surface area (Å²) >= 11 is 6.33. The van der Waals surface area contributed by atoms with Gasteiger partial charge in [0, 0.05) is 18.2 Å². The van der Waals surface area contributed by atoms with Gasteiger partial charge in [-0.3, -0.25) is 0 Å². The van der Waals surface area contributed by atoms with Gasteiger partial charge in [0.15, 0.2) is 5.82 Å². The number of rotatable bonds is 5.